The van der Waals surface area contributed by atoms with E-state index in [1.807, 2.05) is 25.2 Å². The van der Waals surface area contributed by atoms with Crippen LogP contribution in [-0.4, -0.2) is 13.8 Å². The van der Waals surface area contributed by atoms with E-state index < -0.39 is 0 Å². The van der Waals surface area contributed by atoms with Crippen LogP contribution in [0.15, 0.2) is 54.6 Å². The van der Waals surface area contributed by atoms with E-state index in [4.69, 9.17) is 9.47 Å². The summed E-state index contributed by atoms with van der Waals surface area (Å²) >= 11 is 0. The quantitative estimate of drug-likeness (QED) is 0.709. The molecular weight excluding hydrogens is 305 g/mol. The number of fused-ring (bicyclic) bond motifs is 2. The van der Waals surface area contributed by atoms with Crippen LogP contribution in [0.4, 0.5) is 10.1 Å². The first-order valence-corrected chi connectivity index (χ1v) is 7.93. The summed E-state index contributed by atoms with van der Waals surface area (Å²) in [6, 6.07) is 17.5. The fourth-order valence-electron chi connectivity index (χ4n) is 3.26. The van der Waals surface area contributed by atoms with Gasteiger partial charge in [0.05, 0.1) is 6.61 Å². The minimum absolute atomic E-state index is 0.212. The Morgan fingerprint density at radius 1 is 1.08 bits per heavy atom. The average molecular weight is 323 g/mol. The van der Waals surface area contributed by atoms with Crippen LogP contribution in [0, 0.1) is 5.82 Å². The maximum Gasteiger partial charge on any atom is 0.189 e. The Hall–Kier alpha value is -2.59. The Balaban J connectivity index is 1.71. The highest BCUT2D eigenvalue weighted by Gasteiger charge is 2.18. The van der Waals surface area contributed by atoms with Gasteiger partial charge in [0, 0.05) is 35.8 Å². The lowest BCUT2D eigenvalue weighted by molar-refractivity contribution is -0.0172. The molecule has 3 aromatic carbocycles. The number of benzene rings is 3. The molecule has 0 radical (unpaired) electrons. The third-order valence-electron chi connectivity index (χ3n) is 4.34. The maximum absolute atomic E-state index is 13.9. The topological polar surface area (TPSA) is 21.7 Å². The van der Waals surface area contributed by atoms with Crippen molar-refractivity contribution >= 4 is 16.5 Å². The fourth-order valence-corrected chi connectivity index (χ4v) is 3.26. The predicted octanol–water partition coefficient (Wildman–Crippen LogP) is 4.48. The molecule has 3 nitrogen and oxygen atoms in total. The van der Waals surface area contributed by atoms with Gasteiger partial charge in [0.15, 0.2) is 6.79 Å². The molecular formula is C20H18FNO2. The van der Waals surface area contributed by atoms with Crippen molar-refractivity contribution in [2.45, 2.75) is 13.2 Å². The van der Waals surface area contributed by atoms with Gasteiger partial charge in [-0.3, -0.25) is 0 Å². The Morgan fingerprint density at radius 3 is 2.83 bits per heavy atom. The van der Waals surface area contributed by atoms with Crippen molar-refractivity contribution in [1.82, 2.24) is 0 Å². The highest BCUT2D eigenvalue weighted by Crippen LogP contribution is 2.32. The van der Waals surface area contributed by atoms with E-state index in [-0.39, 0.29) is 12.6 Å². The third kappa shape index (κ3) is 2.69. The van der Waals surface area contributed by atoms with Crippen molar-refractivity contribution in [3.05, 3.63) is 71.5 Å². The van der Waals surface area contributed by atoms with Gasteiger partial charge in [-0.25, -0.2) is 4.39 Å². The van der Waals surface area contributed by atoms with Gasteiger partial charge in [-0.1, -0.05) is 36.4 Å². The molecule has 0 N–H and O–H groups in total. The van der Waals surface area contributed by atoms with E-state index in [0.29, 0.717) is 13.2 Å². The normalized spacial score (nSPS) is 13.4. The smallest absolute Gasteiger partial charge is 0.189 e. The highest BCUT2D eigenvalue weighted by molar-refractivity contribution is 5.94. The summed E-state index contributed by atoms with van der Waals surface area (Å²) in [5, 5.41) is 2.37. The van der Waals surface area contributed by atoms with Gasteiger partial charge in [-0.15, -0.1) is 0 Å². The number of hydrogen-bond donors (Lipinski definition) is 0. The summed E-state index contributed by atoms with van der Waals surface area (Å²) in [6.07, 6.45) is 0. The van der Waals surface area contributed by atoms with E-state index in [9.17, 15) is 4.39 Å². The van der Waals surface area contributed by atoms with Crippen LogP contribution in [0.2, 0.25) is 0 Å². The molecule has 0 saturated heterocycles. The molecule has 0 fully saturated rings. The van der Waals surface area contributed by atoms with Crippen molar-refractivity contribution < 1.29 is 13.9 Å². The largest absolute Gasteiger partial charge is 0.467 e. The zero-order valence-electron chi connectivity index (χ0n) is 13.5. The number of halogens is 1. The molecule has 0 aliphatic carbocycles. The second-order valence-corrected chi connectivity index (χ2v) is 6.02. The van der Waals surface area contributed by atoms with Crippen LogP contribution in [0.25, 0.3) is 10.8 Å². The minimum Gasteiger partial charge on any atom is -0.467 e. The summed E-state index contributed by atoms with van der Waals surface area (Å²) in [6.45, 7) is 1.16. The van der Waals surface area contributed by atoms with Gasteiger partial charge in [-0.2, -0.15) is 0 Å². The first-order valence-electron chi connectivity index (χ1n) is 7.93. The van der Waals surface area contributed by atoms with E-state index in [2.05, 4.69) is 29.2 Å². The van der Waals surface area contributed by atoms with E-state index in [1.54, 1.807) is 6.07 Å². The zero-order valence-corrected chi connectivity index (χ0v) is 13.5. The van der Waals surface area contributed by atoms with Crippen LogP contribution < -0.4 is 9.64 Å². The summed E-state index contributed by atoms with van der Waals surface area (Å²) in [5.74, 6) is 0.485. The van der Waals surface area contributed by atoms with Gasteiger partial charge < -0.3 is 14.4 Å². The summed E-state index contributed by atoms with van der Waals surface area (Å²) in [5.41, 5.74) is 2.71. The van der Waals surface area contributed by atoms with Gasteiger partial charge in [0.25, 0.3) is 0 Å². The van der Waals surface area contributed by atoms with E-state index in [1.165, 1.54) is 16.8 Å². The van der Waals surface area contributed by atoms with Crippen molar-refractivity contribution in [3.63, 3.8) is 0 Å². The molecule has 0 amide bonds. The molecule has 1 aliphatic heterocycles. The lowest BCUT2D eigenvalue weighted by Crippen LogP contribution is -2.20. The van der Waals surface area contributed by atoms with Crippen LogP contribution >= 0.6 is 0 Å². The van der Waals surface area contributed by atoms with Gasteiger partial charge in [0.1, 0.15) is 11.6 Å². The minimum atomic E-state index is -0.260. The number of rotatable bonds is 3. The van der Waals surface area contributed by atoms with Crippen molar-refractivity contribution in [2.24, 2.45) is 0 Å². The molecule has 0 saturated carbocycles. The molecule has 24 heavy (non-hydrogen) atoms. The monoisotopic (exact) mass is 323 g/mol. The van der Waals surface area contributed by atoms with Crippen molar-refractivity contribution in [3.8, 4) is 5.75 Å². The number of anilines is 1. The molecule has 1 heterocycles. The zero-order chi connectivity index (χ0) is 16.5. The van der Waals surface area contributed by atoms with Crippen LogP contribution in [0.1, 0.15) is 11.1 Å². The van der Waals surface area contributed by atoms with Gasteiger partial charge in [-0.05, 0) is 23.6 Å². The Bertz CT molecular complexity index is 889. The van der Waals surface area contributed by atoms with Crippen LogP contribution in [0.5, 0.6) is 5.75 Å². The van der Waals surface area contributed by atoms with Gasteiger partial charge in [0.2, 0.25) is 0 Å². The molecule has 3 aromatic rings. The molecule has 1 aliphatic rings. The fraction of sp³-hybridized carbons (Fsp3) is 0.200. The first kappa shape index (κ1) is 15.0. The highest BCUT2D eigenvalue weighted by atomic mass is 19.1. The molecule has 0 unspecified atom stereocenters. The molecule has 4 heteroatoms. The Labute approximate surface area is 140 Å². The molecule has 4 rings (SSSR count). The summed E-state index contributed by atoms with van der Waals surface area (Å²) < 4.78 is 24.8. The Kier molecular flexibility index (Phi) is 3.82. The average Bonchev–Trinajstić information content (AvgIpc) is 2.61. The summed E-state index contributed by atoms with van der Waals surface area (Å²) in [7, 11) is 2.01. The van der Waals surface area contributed by atoms with E-state index in [0.717, 1.165) is 22.6 Å². The van der Waals surface area contributed by atoms with Gasteiger partial charge >= 0.3 is 0 Å². The van der Waals surface area contributed by atoms with Crippen LogP contribution in [-0.2, 0) is 17.9 Å². The third-order valence-corrected chi connectivity index (χ3v) is 4.34. The van der Waals surface area contributed by atoms with Crippen molar-refractivity contribution in [2.75, 3.05) is 18.7 Å². The molecule has 0 spiro atoms. The lowest BCUT2D eigenvalue weighted by atomic mass is 10.1. The molecule has 0 atom stereocenters. The second-order valence-electron chi connectivity index (χ2n) is 6.02. The molecule has 122 valence electrons. The SMILES string of the molecule is CN(Cc1cc(F)cc2c1OCOC2)c1cccc2ccccc12. The number of nitrogens with zero attached hydrogens (tertiary/aromatic N) is 1. The number of hydrogen-bond acceptors (Lipinski definition) is 3. The first-order chi connectivity index (χ1) is 11.7. The predicted molar refractivity (Wildman–Crippen MR) is 92.7 cm³/mol. The molecule has 0 bridgehead atoms. The summed E-state index contributed by atoms with van der Waals surface area (Å²) in [4.78, 5) is 2.12. The Morgan fingerprint density at radius 2 is 1.92 bits per heavy atom. The molecule has 0 aromatic heterocycles. The maximum atomic E-state index is 13.9. The van der Waals surface area contributed by atoms with Crippen molar-refractivity contribution in [1.29, 1.82) is 0 Å². The standard InChI is InChI=1S/C20H18FNO2/c1-22(19-8-4-6-14-5-2-3-7-18(14)19)11-15-9-17(21)10-16-12-23-13-24-20(15)16/h2-10H,11-13H2,1H3. The number of ether oxygens (including phenoxy) is 2. The lowest BCUT2D eigenvalue weighted by Gasteiger charge is -2.25. The van der Waals surface area contributed by atoms with E-state index >= 15 is 0 Å². The second kappa shape index (κ2) is 6.13. The van der Waals surface area contributed by atoms with Crippen LogP contribution in [0.3, 0.4) is 0 Å².